The molecule has 1 heterocycles. The Hall–Kier alpha value is -2.11. The molecule has 1 aromatic rings. The Morgan fingerprint density at radius 3 is 2.32 bits per heavy atom. The number of hydrogen-bond donors (Lipinski definition) is 1. The van der Waals surface area contributed by atoms with E-state index < -0.39 is 12.0 Å². The van der Waals surface area contributed by atoms with E-state index in [4.69, 9.17) is 0 Å². The lowest BCUT2D eigenvalue weighted by molar-refractivity contribution is -0.497. The molecular weight excluding hydrogens is 282 g/mol. The number of anilines is 2. The molecule has 2 unspecified atom stereocenters. The minimum Gasteiger partial charge on any atom is -0.372 e. The van der Waals surface area contributed by atoms with Crippen molar-refractivity contribution in [1.29, 1.82) is 0 Å². The molecule has 1 N–H and O–H groups in total. The number of hydrogen-bond acceptors (Lipinski definition) is 4. The van der Waals surface area contributed by atoms with Gasteiger partial charge >= 0.3 is 0 Å². The fraction of sp³-hybridized carbons (Fsp3) is 0.562. The third-order valence-electron chi connectivity index (χ3n) is 4.47. The number of carbonyl (C=O) groups excluding carboxylic acids is 1. The Kier molecular flexibility index (Phi) is 4.27. The molecule has 1 saturated carbocycles. The molecule has 2 aliphatic rings. The lowest BCUT2D eigenvalue weighted by Crippen LogP contribution is -2.23. The summed E-state index contributed by atoms with van der Waals surface area (Å²) in [4.78, 5) is 24.5. The highest BCUT2D eigenvalue weighted by atomic mass is 16.6. The highest BCUT2D eigenvalue weighted by Crippen LogP contribution is 2.34. The maximum atomic E-state index is 11.9. The zero-order chi connectivity index (χ0) is 15.5. The number of rotatable bonds is 4. The topological polar surface area (TPSA) is 75.5 Å². The molecule has 0 aromatic heterocycles. The average Bonchev–Trinajstić information content (AvgIpc) is 3.32. The second-order valence-corrected chi connectivity index (χ2v) is 6.13. The molecule has 2 atom stereocenters. The van der Waals surface area contributed by atoms with Gasteiger partial charge in [-0.2, -0.15) is 0 Å². The van der Waals surface area contributed by atoms with Crippen molar-refractivity contribution in [2.24, 2.45) is 5.92 Å². The van der Waals surface area contributed by atoms with E-state index in [0.29, 0.717) is 12.1 Å². The smallest absolute Gasteiger partial charge is 0.234 e. The normalized spacial score (nSPS) is 24.5. The zero-order valence-electron chi connectivity index (χ0n) is 12.5. The van der Waals surface area contributed by atoms with Crippen LogP contribution in [0.15, 0.2) is 24.3 Å². The SMILES string of the molecule is O=C(Nc1ccc(N2CCCCCC2)cc1)C1CC1[N+](=O)[O-]. The van der Waals surface area contributed by atoms with E-state index in [-0.39, 0.29) is 10.8 Å². The van der Waals surface area contributed by atoms with E-state index in [0.717, 1.165) is 13.1 Å². The van der Waals surface area contributed by atoms with Crippen LogP contribution in [-0.4, -0.2) is 30.0 Å². The molecule has 6 heteroatoms. The van der Waals surface area contributed by atoms with Crippen molar-refractivity contribution in [2.45, 2.75) is 38.1 Å². The lowest BCUT2D eigenvalue weighted by Gasteiger charge is -2.22. The van der Waals surface area contributed by atoms with E-state index in [1.165, 1.54) is 31.4 Å². The molecule has 118 valence electrons. The second-order valence-electron chi connectivity index (χ2n) is 6.13. The van der Waals surface area contributed by atoms with Gasteiger partial charge in [-0.15, -0.1) is 0 Å². The molecule has 1 aliphatic carbocycles. The second kappa shape index (κ2) is 6.34. The van der Waals surface area contributed by atoms with Crippen LogP contribution in [0, 0.1) is 16.0 Å². The molecule has 1 aromatic carbocycles. The van der Waals surface area contributed by atoms with Gasteiger partial charge in [0, 0.05) is 35.8 Å². The monoisotopic (exact) mass is 303 g/mol. The minimum atomic E-state index is -0.698. The van der Waals surface area contributed by atoms with Crippen LogP contribution in [-0.2, 0) is 4.79 Å². The number of benzene rings is 1. The Bertz CT molecular complexity index is 550. The van der Waals surface area contributed by atoms with Gasteiger partial charge in [-0.3, -0.25) is 14.9 Å². The minimum absolute atomic E-state index is 0.246. The molecular formula is C16H21N3O3. The summed E-state index contributed by atoms with van der Waals surface area (Å²) in [5.74, 6) is -0.718. The van der Waals surface area contributed by atoms with Crippen LogP contribution in [0.4, 0.5) is 11.4 Å². The van der Waals surface area contributed by atoms with Gasteiger partial charge in [0.2, 0.25) is 11.9 Å². The van der Waals surface area contributed by atoms with Gasteiger partial charge in [-0.1, -0.05) is 12.8 Å². The molecule has 0 radical (unpaired) electrons. The molecule has 1 saturated heterocycles. The van der Waals surface area contributed by atoms with Crippen molar-refractivity contribution < 1.29 is 9.72 Å². The molecule has 0 bridgehead atoms. The summed E-state index contributed by atoms with van der Waals surface area (Å²) in [6.45, 7) is 2.16. The maximum Gasteiger partial charge on any atom is 0.234 e. The maximum absolute atomic E-state index is 11.9. The zero-order valence-corrected chi connectivity index (χ0v) is 12.5. The largest absolute Gasteiger partial charge is 0.372 e. The number of amides is 1. The number of nitrogens with one attached hydrogen (secondary N) is 1. The number of carbonyl (C=O) groups is 1. The Morgan fingerprint density at radius 2 is 1.77 bits per heavy atom. The van der Waals surface area contributed by atoms with Crippen LogP contribution in [0.25, 0.3) is 0 Å². The summed E-state index contributed by atoms with van der Waals surface area (Å²) in [6, 6.07) is 7.08. The van der Waals surface area contributed by atoms with Crippen molar-refractivity contribution >= 4 is 17.3 Å². The van der Waals surface area contributed by atoms with Crippen LogP contribution in [0.3, 0.4) is 0 Å². The van der Waals surface area contributed by atoms with Gasteiger partial charge in [0.25, 0.3) is 0 Å². The van der Waals surface area contributed by atoms with E-state index in [1.54, 1.807) is 0 Å². The molecule has 6 nitrogen and oxygen atoms in total. The quantitative estimate of drug-likeness (QED) is 0.685. The number of nitro groups is 1. The Morgan fingerprint density at radius 1 is 1.14 bits per heavy atom. The molecule has 3 rings (SSSR count). The Balaban J connectivity index is 1.57. The summed E-state index contributed by atoms with van der Waals surface area (Å²) in [7, 11) is 0. The van der Waals surface area contributed by atoms with Crippen molar-refractivity contribution in [1.82, 2.24) is 0 Å². The van der Waals surface area contributed by atoms with Gasteiger partial charge in [0.15, 0.2) is 0 Å². The first-order valence-corrected chi connectivity index (χ1v) is 7.94. The van der Waals surface area contributed by atoms with Gasteiger partial charge in [0.05, 0.1) is 0 Å². The van der Waals surface area contributed by atoms with Crippen molar-refractivity contribution in [3.8, 4) is 0 Å². The predicted octanol–water partition coefficient (Wildman–Crippen LogP) is 2.67. The predicted molar refractivity (Wildman–Crippen MR) is 84.6 cm³/mol. The highest BCUT2D eigenvalue weighted by molar-refractivity contribution is 5.94. The third-order valence-corrected chi connectivity index (χ3v) is 4.47. The Labute approximate surface area is 129 Å². The van der Waals surface area contributed by atoms with Crippen LogP contribution in [0.1, 0.15) is 32.1 Å². The van der Waals surface area contributed by atoms with Gasteiger partial charge in [-0.25, -0.2) is 0 Å². The first-order chi connectivity index (χ1) is 10.6. The molecule has 0 spiro atoms. The summed E-state index contributed by atoms with van der Waals surface area (Å²) in [6.07, 6.45) is 5.39. The van der Waals surface area contributed by atoms with E-state index in [1.807, 2.05) is 24.3 Å². The molecule has 1 amide bonds. The van der Waals surface area contributed by atoms with Gasteiger partial charge < -0.3 is 10.2 Å². The van der Waals surface area contributed by atoms with Crippen LogP contribution < -0.4 is 10.2 Å². The number of nitrogens with zero attached hydrogens (tertiary/aromatic N) is 2. The van der Waals surface area contributed by atoms with Crippen molar-refractivity contribution in [3.63, 3.8) is 0 Å². The van der Waals surface area contributed by atoms with Gasteiger partial charge in [0.1, 0.15) is 5.92 Å². The van der Waals surface area contributed by atoms with E-state index in [9.17, 15) is 14.9 Å². The fourth-order valence-corrected chi connectivity index (χ4v) is 3.02. The summed E-state index contributed by atoms with van der Waals surface area (Å²) in [5, 5.41) is 13.4. The molecule has 1 aliphatic heterocycles. The first kappa shape index (κ1) is 14.8. The van der Waals surface area contributed by atoms with Crippen LogP contribution >= 0.6 is 0 Å². The van der Waals surface area contributed by atoms with Crippen molar-refractivity contribution in [2.75, 3.05) is 23.3 Å². The highest BCUT2D eigenvalue weighted by Gasteiger charge is 2.53. The average molecular weight is 303 g/mol. The van der Waals surface area contributed by atoms with Crippen LogP contribution in [0.2, 0.25) is 0 Å². The summed E-state index contributed by atoms with van der Waals surface area (Å²) in [5.41, 5.74) is 1.88. The lowest BCUT2D eigenvalue weighted by atomic mass is 10.2. The third kappa shape index (κ3) is 3.37. The first-order valence-electron chi connectivity index (χ1n) is 7.94. The van der Waals surface area contributed by atoms with Crippen molar-refractivity contribution in [3.05, 3.63) is 34.4 Å². The van der Waals surface area contributed by atoms with E-state index in [2.05, 4.69) is 10.2 Å². The molecule has 22 heavy (non-hydrogen) atoms. The summed E-state index contributed by atoms with van der Waals surface area (Å²) >= 11 is 0. The fourth-order valence-electron chi connectivity index (χ4n) is 3.02. The summed E-state index contributed by atoms with van der Waals surface area (Å²) < 4.78 is 0. The van der Waals surface area contributed by atoms with Gasteiger partial charge in [-0.05, 0) is 37.1 Å². The van der Waals surface area contributed by atoms with Crippen LogP contribution in [0.5, 0.6) is 0 Å². The van der Waals surface area contributed by atoms with E-state index >= 15 is 0 Å². The standard InChI is InChI=1S/C16H21N3O3/c20-16(14-11-15(14)19(21)22)17-12-5-7-13(8-6-12)18-9-3-1-2-4-10-18/h5-8,14-15H,1-4,9-11H2,(H,17,20). The molecule has 2 fully saturated rings.